The van der Waals surface area contributed by atoms with E-state index in [1.807, 2.05) is 36.4 Å². The number of hydrogen-bond donors (Lipinski definition) is 0. The zero-order chi connectivity index (χ0) is 36.2. The Bertz CT molecular complexity index is 1120. The van der Waals surface area contributed by atoms with Gasteiger partial charge in [-0.15, -0.1) is 0 Å². The van der Waals surface area contributed by atoms with Crippen LogP contribution in [0.5, 0.6) is 17.2 Å². The van der Waals surface area contributed by atoms with Gasteiger partial charge in [-0.25, -0.2) is 4.79 Å². The molecule has 3 aromatic rings. The molecule has 0 saturated heterocycles. The third-order valence-corrected chi connectivity index (χ3v) is 11.5. The quantitative estimate of drug-likeness (QED) is 0.0378. The topological polar surface area (TPSA) is 44.8 Å². The van der Waals surface area contributed by atoms with Crippen LogP contribution < -0.4 is 13.6 Å². The highest BCUT2D eigenvalue weighted by Crippen LogP contribution is 2.58. The van der Waals surface area contributed by atoms with Gasteiger partial charge in [-0.2, -0.15) is 0 Å². The van der Waals surface area contributed by atoms with Gasteiger partial charge in [0.2, 0.25) is 0 Å². The first-order chi connectivity index (χ1) is 25.1. The van der Waals surface area contributed by atoms with Gasteiger partial charge in [0.25, 0.3) is 0 Å². The second-order valence-electron chi connectivity index (χ2n) is 14.5. The van der Waals surface area contributed by atoms with E-state index in [2.05, 4.69) is 57.2 Å². The van der Waals surface area contributed by atoms with Crippen LogP contribution in [0.1, 0.15) is 172 Å². The van der Waals surface area contributed by atoms with Crippen LogP contribution in [0.15, 0.2) is 72.8 Å². The fourth-order valence-corrected chi connectivity index (χ4v) is 8.06. The maximum Gasteiger partial charge on any atom is 0.614 e. The van der Waals surface area contributed by atoms with E-state index in [9.17, 15) is 4.79 Å². The highest BCUT2D eigenvalue weighted by atomic mass is 31.2. The molecule has 0 aromatic heterocycles. The second kappa shape index (κ2) is 26.9. The molecule has 0 saturated carbocycles. The van der Waals surface area contributed by atoms with Crippen molar-refractivity contribution in [1.29, 1.82) is 0 Å². The summed E-state index contributed by atoms with van der Waals surface area (Å²) in [5.74, 6) is 1.72. The van der Waals surface area contributed by atoms with E-state index < -0.39 is 7.94 Å². The van der Waals surface area contributed by atoms with Crippen LogP contribution in [-0.4, -0.2) is 6.03 Å². The van der Waals surface area contributed by atoms with Crippen LogP contribution in [0.4, 0.5) is 0 Å². The molecule has 0 N–H and O–H groups in total. The van der Waals surface area contributed by atoms with Crippen molar-refractivity contribution in [2.45, 2.75) is 175 Å². The van der Waals surface area contributed by atoms with Crippen molar-refractivity contribution in [3.63, 3.8) is 0 Å². The van der Waals surface area contributed by atoms with Crippen molar-refractivity contribution < 1.29 is 18.4 Å². The second-order valence-corrected chi connectivity index (χ2v) is 16.3. The standard InChI is InChI=1S/C46H70O4P/c1-4-7-10-13-16-19-22-25-41-28-34-44(35-29-41)48-51(40-47,49-45-36-30-42(31-37-45)26-23-20-17-14-11-8-5-2)50-46-38-32-43(33-39-46)27-24-21-18-15-12-9-6-3/h28-40H,4-27H2,1-3H3/q+1. The van der Waals surface area contributed by atoms with Gasteiger partial charge >= 0.3 is 14.0 Å². The van der Waals surface area contributed by atoms with Gasteiger partial charge in [0, 0.05) is 0 Å². The lowest BCUT2D eigenvalue weighted by atomic mass is 10.0. The van der Waals surface area contributed by atoms with E-state index in [1.165, 1.54) is 152 Å². The van der Waals surface area contributed by atoms with Crippen LogP contribution in [0, 0.1) is 0 Å². The first-order valence-corrected chi connectivity index (χ1v) is 22.4. The molecule has 0 bridgehead atoms. The van der Waals surface area contributed by atoms with Crippen LogP contribution in [0.3, 0.4) is 0 Å². The molecule has 3 rings (SSSR count). The molecule has 3 aromatic carbocycles. The number of carbonyl (C=O) groups excluding carboxylic acids is 1. The van der Waals surface area contributed by atoms with Crippen LogP contribution in [-0.2, 0) is 24.1 Å². The van der Waals surface area contributed by atoms with Crippen molar-refractivity contribution in [2.75, 3.05) is 0 Å². The van der Waals surface area contributed by atoms with Crippen molar-refractivity contribution >= 4 is 14.0 Å². The van der Waals surface area contributed by atoms with E-state index in [1.54, 1.807) is 0 Å². The molecule has 0 atom stereocenters. The normalized spacial score (nSPS) is 11.4. The summed E-state index contributed by atoms with van der Waals surface area (Å²) >= 11 is 0. The smallest absolute Gasteiger partial charge is 0.266 e. The summed E-state index contributed by atoms with van der Waals surface area (Å²) in [5, 5.41) is 0. The van der Waals surface area contributed by atoms with Gasteiger partial charge in [0.05, 0.1) is 0 Å². The van der Waals surface area contributed by atoms with E-state index in [4.69, 9.17) is 13.6 Å². The SMILES string of the molecule is CCCCCCCCCc1ccc(O[P+](C=O)(Oc2ccc(CCCCCCCCC)cc2)Oc2ccc(CCCCCCCCC)cc2)cc1. The van der Waals surface area contributed by atoms with Gasteiger partial charge in [0.15, 0.2) is 17.2 Å². The maximum absolute atomic E-state index is 12.9. The molecule has 4 nitrogen and oxygen atoms in total. The Hall–Kier alpha value is -2.84. The minimum absolute atomic E-state index is 0.574. The minimum atomic E-state index is -3.49. The number of unbranched alkanes of at least 4 members (excludes halogenated alkanes) is 18. The third kappa shape index (κ3) is 18.5. The Balaban J connectivity index is 1.62. The number of rotatable bonds is 31. The van der Waals surface area contributed by atoms with Crippen LogP contribution in [0.2, 0.25) is 0 Å². The summed E-state index contributed by atoms with van der Waals surface area (Å²) in [6.45, 7) is 6.78. The van der Waals surface area contributed by atoms with Crippen molar-refractivity contribution in [1.82, 2.24) is 0 Å². The zero-order valence-electron chi connectivity index (χ0n) is 32.6. The average Bonchev–Trinajstić information content (AvgIpc) is 3.15. The van der Waals surface area contributed by atoms with Crippen molar-refractivity contribution in [2.24, 2.45) is 0 Å². The molecule has 0 aliphatic heterocycles. The van der Waals surface area contributed by atoms with Gasteiger partial charge in [-0.3, -0.25) is 13.6 Å². The Morgan fingerprint density at radius 3 is 0.843 bits per heavy atom. The van der Waals surface area contributed by atoms with E-state index in [0.29, 0.717) is 17.2 Å². The predicted octanol–water partition coefficient (Wildman–Crippen LogP) is 15.1. The lowest BCUT2D eigenvalue weighted by Gasteiger charge is -2.18. The molecule has 0 amide bonds. The molecule has 0 fully saturated rings. The molecule has 282 valence electrons. The highest BCUT2D eigenvalue weighted by molar-refractivity contribution is 7.77. The van der Waals surface area contributed by atoms with E-state index in [-0.39, 0.29) is 0 Å². The molecule has 0 aliphatic carbocycles. The van der Waals surface area contributed by atoms with Crippen molar-refractivity contribution in [3.8, 4) is 17.2 Å². The molecule has 0 radical (unpaired) electrons. The summed E-state index contributed by atoms with van der Waals surface area (Å²) in [4.78, 5) is 12.9. The molecule has 0 spiro atoms. The number of carbonyl (C=O) groups is 1. The minimum Gasteiger partial charge on any atom is -0.266 e. The number of benzene rings is 3. The predicted molar refractivity (Wildman–Crippen MR) is 220 cm³/mol. The molecule has 0 aliphatic rings. The van der Waals surface area contributed by atoms with Gasteiger partial charge in [-0.1, -0.05) is 173 Å². The Labute approximate surface area is 313 Å². The fraction of sp³-hybridized carbons (Fsp3) is 0.587. The first-order valence-electron chi connectivity index (χ1n) is 20.8. The van der Waals surface area contributed by atoms with Gasteiger partial charge in [0.1, 0.15) is 0 Å². The number of hydrogen-bond acceptors (Lipinski definition) is 4. The van der Waals surface area contributed by atoms with E-state index >= 15 is 0 Å². The maximum atomic E-state index is 12.9. The van der Waals surface area contributed by atoms with Crippen molar-refractivity contribution in [3.05, 3.63) is 89.5 Å². The average molecular weight is 718 g/mol. The molecular weight excluding hydrogens is 647 g/mol. The first kappa shape index (κ1) is 42.6. The summed E-state index contributed by atoms with van der Waals surface area (Å²) < 4.78 is 19.2. The summed E-state index contributed by atoms with van der Waals surface area (Å²) in [6, 6.07) is 25.0. The molecule has 51 heavy (non-hydrogen) atoms. The Morgan fingerprint density at radius 1 is 0.373 bits per heavy atom. The summed E-state index contributed by atoms with van der Waals surface area (Å²) in [5.41, 5.74) is 3.84. The Kier molecular flexibility index (Phi) is 22.4. The monoisotopic (exact) mass is 718 g/mol. The van der Waals surface area contributed by atoms with E-state index in [0.717, 1.165) is 25.3 Å². The molecular formula is C46H70O4P+. The lowest BCUT2D eigenvalue weighted by molar-refractivity contribution is 0.368. The highest BCUT2D eigenvalue weighted by Gasteiger charge is 2.51. The Morgan fingerprint density at radius 2 is 0.608 bits per heavy atom. The molecule has 0 heterocycles. The largest absolute Gasteiger partial charge is 0.614 e. The zero-order valence-corrected chi connectivity index (χ0v) is 33.5. The summed E-state index contributed by atoms with van der Waals surface area (Å²) in [7, 11) is -3.49. The van der Waals surface area contributed by atoms with Gasteiger partial charge < -0.3 is 0 Å². The summed E-state index contributed by atoms with van der Waals surface area (Å²) in [6.07, 6.45) is 30.4. The molecule has 0 unspecified atom stereocenters. The van der Waals surface area contributed by atoms with Crippen LogP contribution >= 0.6 is 7.94 Å². The van der Waals surface area contributed by atoms with Crippen LogP contribution in [0.25, 0.3) is 0 Å². The number of aryl methyl sites for hydroxylation is 3. The fourth-order valence-electron chi connectivity index (χ4n) is 6.57. The van der Waals surface area contributed by atoms with Gasteiger partial charge in [-0.05, 0) is 91.6 Å². The lowest BCUT2D eigenvalue weighted by Crippen LogP contribution is -2.16. The molecule has 5 heteroatoms. The third-order valence-electron chi connectivity index (χ3n) is 9.80.